The Morgan fingerprint density at radius 3 is 2.36 bits per heavy atom. The molecule has 1 aromatic heterocycles. The number of hydrogen-bond acceptors (Lipinski definition) is 2. The molecule has 1 aliphatic rings. The second kappa shape index (κ2) is 7.14. The Kier molecular flexibility index (Phi) is 4.66. The van der Waals surface area contributed by atoms with Gasteiger partial charge >= 0.3 is 6.18 Å². The van der Waals surface area contributed by atoms with Gasteiger partial charge in [0.2, 0.25) is 0 Å². The second-order valence-electron chi connectivity index (χ2n) is 6.87. The SMILES string of the molecule is O=C(c1cnn(-c2ccccc2)c1)N(Cc1ccc(C(F)(F)F)cc1)C1CC1. The van der Waals surface area contributed by atoms with E-state index in [0.717, 1.165) is 30.7 Å². The van der Waals surface area contributed by atoms with Crippen molar-refractivity contribution in [3.05, 3.63) is 83.7 Å². The van der Waals surface area contributed by atoms with Gasteiger partial charge in [0.15, 0.2) is 0 Å². The molecule has 0 radical (unpaired) electrons. The van der Waals surface area contributed by atoms with E-state index < -0.39 is 11.7 Å². The first-order valence-corrected chi connectivity index (χ1v) is 8.99. The maximum atomic E-state index is 13.0. The molecular formula is C21H18F3N3O. The summed E-state index contributed by atoms with van der Waals surface area (Å²) in [5, 5.41) is 4.26. The van der Waals surface area contributed by atoms with E-state index in [4.69, 9.17) is 0 Å². The van der Waals surface area contributed by atoms with Crippen LogP contribution < -0.4 is 0 Å². The lowest BCUT2D eigenvalue weighted by Crippen LogP contribution is -2.32. The molecule has 4 nitrogen and oxygen atoms in total. The van der Waals surface area contributed by atoms with Gasteiger partial charge in [-0.15, -0.1) is 0 Å². The van der Waals surface area contributed by atoms with Crippen LogP contribution in [0.3, 0.4) is 0 Å². The predicted octanol–water partition coefficient (Wildman–Crippen LogP) is 4.70. The van der Waals surface area contributed by atoms with E-state index in [2.05, 4.69) is 5.10 Å². The molecule has 0 N–H and O–H groups in total. The topological polar surface area (TPSA) is 38.1 Å². The van der Waals surface area contributed by atoms with Crippen molar-refractivity contribution < 1.29 is 18.0 Å². The molecule has 7 heteroatoms. The van der Waals surface area contributed by atoms with E-state index in [9.17, 15) is 18.0 Å². The summed E-state index contributed by atoms with van der Waals surface area (Å²) in [6.45, 7) is 0.276. The highest BCUT2D eigenvalue weighted by Gasteiger charge is 2.34. The van der Waals surface area contributed by atoms with Gasteiger partial charge in [-0.05, 0) is 42.7 Å². The molecule has 0 unspecified atom stereocenters. The molecule has 4 rings (SSSR count). The Morgan fingerprint density at radius 1 is 1.07 bits per heavy atom. The van der Waals surface area contributed by atoms with Crippen LogP contribution in [-0.4, -0.2) is 26.6 Å². The molecular weight excluding hydrogens is 367 g/mol. The number of benzene rings is 2. The molecule has 144 valence electrons. The number of halogens is 3. The minimum Gasteiger partial charge on any atom is -0.331 e. The molecule has 0 saturated heterocycles. The number of alkyl halides is 3. The number of para-hydroxylation sites is 1. The van der Waals surface area contributed by atoms with Gasteiger partial charge in [-0.2, -0.15) is 18.3 Å². The van der Waals surface area contributed by atoms with Crippen molar-refractivity contribution in [1.29, 1.82) is 0 Å². The Labute approximate surface area is 160 Å². The standard InChI is InChI=1S/C21H18F3N3O/c22-21(23,24)17-8-6-15(7-9-17)13-26(18-10-11-18)20(28)16-12-25-27(14-16)19-4-2-1-3-5-19/h1-9,12,14,18H,10-11,13H2. The zero-order valence-corrected chi connectivity index (χ0v) is 14.9. The lowest BCUT2D eigenvalue weighted by atomic mass is 10.1. The number of carbonyl (C=O) groups excluding carboxylic acids is 1. The summed E-state index contributed by atoms with van der Waals surface area (Å²) < 4.78 is 39.9. The fraction of sp³-hybridized carbons (Fsp3) is 0.238. The fourth-order valence-electron chi connectivity index (χ4n) is 3.07. The van der Waals surface area contributed by atoms with E-state index in [1.54, 1.807) is 15.8 Å². The summed E-state index contributed by atoms with van der Waals surface area (Å²) in [6, 6.07) is 14.5. The number of aromatic nitrogens is 2. The van der Waals surface area contributed by atoms with Gasteiger partial charge in [-0.25, -0.2) is 4.68 Å². The second-order valence-corrected chi connectivity index (χ2v) is 6.87. The van der Waals surface area contributed by atoms with Crippen LogP contribution in [-0.2, 0) is 12.7 Å². The molecule has 0 aliphatic heterocycles. The summed E-state index contributed by atoms with van der Waals surface area (Å²) in [4.78, 5) is 14.7. The largest absolute Gasteiger partial charge is 0.416 e. The number of nitrogens with zero attached hydrogens (tertiary/aromatic N) is 3. The molecule has 1 heterocycles. The van der Waals surface area contributed by atoms with Crippen LogP contribution in [0.1, 0.15) is 34.3 Å². The lowest BCUT2D eigenvalue weighted by molar-refractivity contribution is -0.137. The van der Waals surface area contributed by atoms with E-state index in [0.29, 0.717) is 11.1 Å². The van der Waals surface area contributed by atoms with Crippen LogP contribution in [0, 0.1) is 0 Å². The average Bonchev–Trinajstić information content (AvgIpc) is 3.41. The number of rotatable bonds is 5. The van der Waals surface area contributed by atoms with Crippen molar-refractivity contribution in [3.8, 4) is 5.69 Å². The molecule has 1 fully saturated rings. The highest BCUT2D eigenvalue weighted by atomic mass is 19.4. The first-order chi connectivity index (χ1) is 13.4. The normalized spacial score (nSPS) is 14.1. The zero-order chi connectivity index (χ0) is 19.7. The third-order valence-corrected chi connectivity index (χ3v) is 4.73. The Bertz CT molecular complexity index is 961. The van der Waals surface area contributed by atoms with Crippen LogP contribution in [0.5, 0.6) is 0 Å². The summed E-state index contributed by atoms with van der Waals surface area (Å²) in [6.07, 6.45) is 0.645. The first kappa shape index (κ1) is 18.3. The van der Waals surface area contributed by atoms with Crippen LogP contribution >= 0.6 is 0 Å². The van der Waals surface area contributed by atoms with Crippen molar-refractivity contribution in [2.75, 3.05) is 0 Å². The summed E-state index contributed by atoms with van der Waals surface area (Å²) >= 11 is 0. The van der Waals surface area contributed by atoms with Gasteiger partial charge in [-0.1, -0.05) is 30.3 Å². The van der Waals surface area contributed by atoms with Crippen molar-refractivity contribution >= 4 is 5.91 Å². The number of carbonyl (C=O) groups is 1. The Hall–Kier alpha value is -3.09. The van der Waals surface area contributed by atoms with Gasteiger partial charge in [-0.3, -0.25) is 4.79 Å². The van der Waals surface area contributed by atoms with Crippen molar-refractivity contribution in [2.24, 2.45) is 0 Å². The van der Waals surface area contributed by atoms with Gasteiger partial charge in [0.1, 0.15) is 0 Å². The predicted molar refractivity (Wildman–Crippen MR) is 97.9 cm³/mol. The molecule has 1 aliphatic carbocycles. The first-order valence-electron chi connectivity index (χ1n) is 8.99. The quantitative estimate of drug-likeness (QED) is 0.639. The third-order valence-electron chi connectivity index (χ3n) is 4.73. The van der Waals surface area contributed by atoms with E-state index >= 15 is 0 Å². The number of amides is 1. The molecule has 3 aromatic rings. The molecule has 1 saturated carbocycles. The maximum absolute atomic E-state index is 13.0. The molecule has 2 aromatic carbocycles. The minimum absolute atomic E-state index is 0.120. The van der Waals surface area contributed by atoms with Gasteiger partial charge in [0.05, 0.1) is 23.0 Å². The summed E-state index contributed by atoms with van der Waals surface area (Å²) in [5.41, 5.74) is 1.29. The van der Waals surface area contributed by atoms with Crippen LogP contribution in [0.25, 0.3) is 5.69 Å². The molecule has 0 atom stereocenters. The molecule has 28 heavy (non-hydrogen) atoms. The Balaban J connectivity index is 1.52. The van der Waals surface area contributed by atoms with Crippen molar-refractivity contribution in [2.45, 2.75) is 31.6 Å². The minimum atomic E-state index is -4.36. The third kappa shape index (κ3) is 3.93. The van der Waals surface area contributed by atoms with Crippen LogP contribution in [0.15, 0.2) is 67.0 Å². The van der Waals surface area contributed by atoms with Crippen LogP contribution in [0.2, 0.25) is 0 Å². The monoisotopic (exact) mass is 385 g/mol. The Morgan fingerprint density at radius 2 is 1.75 bits per heavy atom. The molecule has 1 amide bonds. The van der Waals surface area contributed by atoms with Crippen LogP contribution in [0.4, 0.5) is 13.2 Å². The van der Waals surface area contributed by atoms with Gasteiger partial charge < -0.3 is 4.90 Å². The van der Waals surface area contributed by atoms with Crippen molar-refractivity contribution in [1.82, 2.24) is 14.7 Å². The highest BCUT2D eigenvalue weighted by Crippen LogP contribution is 2.32. The van der Waals surface area contributed by atoms with Gasteiger partial charge in [0.25, 0.3) is 5.91 Å². The molecule has 0 spiro atoms. The highest BCUT2D eigenvalue weighted by molar-refractivity contribution is 5.94. The smallest absolute Gasteiger partial charge is 0.331 e. The zero-order valence-electron chi connectivity index (χ0n) is 14.9. The fourth-order valence-corrected chi connectivity index (χ4v) is 3.07. The average molecular weight is 385 g/mol. The summed E-state index contributed by atoms with van der Waals surface area (Å²) in [7, 11) is 0. The lowest BCUT2D eigenvalue weighted by Gasteiger charge is -2.22. The summed E-state index contributed by atoms with van der Waals surface area (Å²) in [5.74, 6) is -0.162. The van der Waals surface area contributed by atoms with Crippen molar-refractivity contribution in [3.63, 3.8) is 0 Å². The maximum Gasteiger partial charge on any atom is 0.416 e. The van der Waals surface area contributed by atoms with E-state index in [-0.39, 0.29) is 18.5 Å². The van der Waals surface area contributed by atoms with Gasteiger partial charge in [0, 0.05) is 18.8 Å². The number of hydrogen-bond donors (Lipinski definition) is 0. The molecule has 0 bridgehead atoms. The van der Waals surface area contributed by atoms with E-state index in [1.807, 2.05) is 30.3 Å². The van der Waals surface area contributed by atoms with E-state index in [1.165, 1.54) is 18.3 Å².